The highest BCUT2D eigenvalue weighted by Gasteiger charge is 2.10. The Hall–Kier alpha value is -2.82. The van der Waals surface area contributed by atoms with Crippen molar-refractivity contribution in [1.82, 2.24) is 5.32 Å². The number of hydrogen-bond donors (Lipinski definition) is 2. The molecule has 0 aromatic heterocycles. The molecule has 2 amide bonds. The van der Waals surface area contributed by atoms with Crippen LogP contribution in [-0.2, 0) is 9.59 Å². The average molecular weight is 354 g/mol. The molecular weight excluding hydrogens is 328 g/mol. The molecule has 5 heteroatoms. The fourth-order valence-electron chi connectivity index (χ4n) is 2.80. The quantitative estimate of drug-likeness (QED) is 0.836. The van der Waals surface area contributed by atoms with Crippen molar-refractivity contribution in [2.75, 3.05) is 18.5 Å². The summed E-state index contributed by atoms with van der Waals surface area (Å²) in [6, 6.07) is 9.85. The van der Waals surface area contributed by atoms with Gasteiger partial charge in [-0.1, -0.05) is 29.8 Å². The van der Waals surface area contributed by atoms with Crippen LogP contribution in [0.3, 0.4) is 0 Å². The Morgan fingerprint density at radius 2 is 1.50 bits per heavy atom. The minimum absolute atomic E-state index is 0.0955. The highest BCUT2D eigenvalue weighted by molar-refractivity contribution is 5.95. The van der Waals surface area contributed by atoms with Crippen LogP contribution in [0.25, 0.3) is 0 Å². The van der Waals surface area contributed by atoms with Crippen molar-refractivity contribution in [2.45, 2.75) is 34.6 Å². The molecule has 2 aromatic rings. The van der Waals surface area contributed by atoms with E-state index < -0.39 is 0 Å². The maximum Gasteiger partial charge on any atom is 0.258 e. The second-order valence-electron chi connectivity index (χ2n) is 6.66. The van der Waals surface area contributed by atoms with Gasteiger partial charge in [-0.05, 0) is 62.9 Å². The summed E-state index contributed by atoms with van der Waals surface area (Å²) in [5.41, 5.74) is 5.97. The minimum atomic E-state index is -0.335. The summed E-state index contributed by atoms with van der Waals surface area (Å²) in [5.74, 6) is 0.0778. The minimum Gasteiger partial charge on any atom is -0.483 e. The van der Waals surface area contributed by atoms with E-state index in [-0.39, 0.29) is 25.0 Å². The van der Waals surface area contributed by atoms with Gasteiger partial charge in [-0.3, -0.25) is 9.59 Å². The second-order valence-corrected chi connectivity index (χ2v) is 6.66. The van der Waals surface area contributed by atoms with Crippen LogP contribution in [-0.4, -0.2) is 25.0 Å². The van der Waals surface area contributed by atoms with Gasteiger partial charge >= 0.3 is 0 Å². The molecule has 0 radical (unpaired) electrons. The summed E-state index contributed by atoms with van der Waals surface area (Å²) in [5, 5.41) is 5.44. The fraction of sp³-hybridized carbons (Fsp3) is 0.333. The second kappa shape index (κ2) is 8.52. The maximum absolute atomic E-state index is 12.1. The van der Waals surface area contributed by atoms with Gasteiger partial charge in [0.25, 0.3) is 5.91 Å². The van der Waals surface area contributed by atoms with Crippen LogP contribution >= 0.6 is 0 Å². The summed E-state index contributed by atoms with van der Waals surface area (Å²) in [6.07, 6.45) is 0. The molecule has 0 aliphatic heterocycles. The molecule has 2 rings (SSSR count). The predicted octanol–water partition coefficient (Wildman–Crippen LogP) is 3.36. The number of hydrogen-bond acceptors (Lipinski definition) is 3. The molecule has 0 unspecified atom stereocenters. The molecular formula is C21H26N2O3. The van der Waals surface area contributed by atoms with E-state index >= 15 is 0 Å². The number of carbonyl (C=O) groups is 2. The smallest absolute Gasteiger partial charge is 0.258 e. The molecule has 0 fully saturated rings. The zero-order valence-corrected chi connectivity index (χ0v) is 16.0. The molecule has 5 nitrogen and oxygen atoms in total. The largest absolute Gasteiger partial charge is 0.483 e. The number of anilines is 1. The Bertz CT molecular complexity index is 805. The number of carbonyl (C=O) groups excluding carboxylic acids is 2. The monoisotopic (exact) mass is 354 g/mol. The van der Waals surface area contributed by atoms with E-state index in [0.717, 1.165) is 33.5 Å². The number of benzene rings is 2. The summed E-state index contributed by atoms with van der Waals surface area (Å²) in [6.45, 7) is 9.58. The molecule has 0 aliphatic carbocycles. The number of nitrogens with one attached hydrogen (secondary N) is 2. The maximum atomic E-state index is 12.1. The summed E-state index contributed by atoms with van der Waals surface area (Å²) in [4.78, 5) is 24.0. The van der Waals surface area contributed by atoms with Gasteiger partial charge in [0.1, 0.15) is 5.75 Å². The van der Waals surface area contributed by atoms with Crippen LogP contribution in [0.1, 0.15) is 27.8 Å². The molecule has 0 spiro atoms. The SMILES string of the molecule is Cc1cc(C)c(NC(=O)CNC(=O)COc2cc(C)ccc2C)c(C)c1. The van der Waals surface area contributed by atoms with E-state index in [1.54, 1.807) is 0 Å². The normalized spacial score (nSPS) is 10.3. The van der Waals surface area contributed by atoms with Crippen molar-refractivity contribution in [1.29, 1.82) is 0 Å². The van der Waals surface area contributed by atoms with E-state index in [0.29, 0.717) is 5.75 Å². The van der Waals surface area contributed by atoms with Gasteiger partial charge in [0.15, 0.2) is 6.61 Å². The van der Waals surface area contributed by atoms with Crippen molar-refractivity contribution in [3.05, 3.63) is 58.1 Å². The van der Waals surface area contributed by atoms with E-state index in [4.69, 9.17) is 4.74 Å². The van der Waals surface area contributed by atoms with Crippen molar-refractivity contribution in [3.63, 3.8) is 0 Å². The number of aryl methyl sites for hydroxylation is 5. The average Bonchev–Trinajstić information content (AvgIpc) is 2.57. The van der Waals surface area contributed by atoms with Crippen molar-refractivity contribution in [3.8, 4) is 5.75 Å². The van der Waals surface area contributed by atoms with Crippen molar-refractivity contribution < 1.29 is 14.3 Å². The lowest BCUT2D eigenvalue weighted by atomic mass is 10.1. The number of ether oxygens (including phenoxy) is 1. The van der Waals surface area contributed by atoms with E-state index in [1.807, 2.05) is 65.0 Å². The van der Waals surface area contributed by atoms with Crippen LogP contribution in [0.4, 0.5) is 5.69 Å². The Morgan fingerprint density at radius 3 is 2.15 bits per heavy atom. The Kier molecular flexibility index (Phi) is 6.39. The third-order valence-corrected chi connectivity index (χ3v) is 4.09. The zero-order chi connectivity index (χ0) is 19.3. The molecule has 26 heavy (non-hydrogen) atoms. The summed E-state index contributed by atoms with van der Waals surface area (Å²) >= 11 is 0. The first kappa shape index (κ1) is 19.5. The third-order valence-electron chi connectivity index (χ3n) is 4.09. The Balaban J connectivity index is 1.84. The van der Waals surface area contributed by atoms with Gasteiger partial charge in [-0.2, -0.15) is 0 Å². The van der Waals surface area contributed by atoms with Gasteiger partial charge in [0.05, 0.1) is 6.54 Å². The van der Waals surface area contributed by atoms with Crippen LogP contribution in [0.2, 0.25) is 0 Å². The van der Waals surface area contributed by atoms with Crippen molar-refractivity contribution >= 4 is 17.5 Å². The van der Waals surface area contributed by atoms with Crippen molar-refractivity contribution in [2.24, 2.45) is 0 Å². The molecule has 0 heterocycles. The van der Waals surface area contributed by atoms with Gasteiger partial charge < -0.3 is 15.4 Å². The van der Waals surface area contributed by atoms with Gasteiger partial charge in [-0.25, -0.2) is 0 Å². The highest BCUT2D eigenvalue weighted by Crippen LogP contribution is 2.21. The molecule has 0 bridgehead atoms. The number of amides is 2. The molecule has 0 atom stereocenters. The van der Waals surface area contributed by atoms with E-state index in [9.17, 15) is 9.59 Å². The van der Waals surface area contributed by atoms with E-state index in [1.165, 1.54) is 0 Å². The molecule has 2 N–H and O–H groups in total. The first-order valence-electron chi connectivity index (χ1n) is 8.60. The zero-order valence-electron chi connectivity index (χ0n) is 16.0. The Labute approximate surface area is 154 Å². The van der Waals surface area contributed by atoms with Crippen LogP contribution in [0.15, 0.2) is 30.3 Å². The molecule has 138 valence electrons. The highest BCUT2D eigenvalue weighted by atomic mass is 16.5. The predicted molar refractivity (Wildman–Crippen MR) is 104 cm³/mol. The fourth-order valence-corrected chi connectivity index (χ4v) is 2.80. The molecule has 0 aliphatic rings. The summed E-state index contributed by atoms with van der Waals surface area (Å²) in [7, 11) is 0. The first-order valence-corrected chi connectivity index (χ1v) is 8.60. The van der Waals surface area contributed by atoms with Gasteiger partial charge in [-0.15, -0.1) is 0 Å². The first-order chi connectivity index (χ1) is 12.3. The van der Waals surface area contributed by atoms with E-state index in [2.05, 4.69) is 10.6 Å². The lowest BCUT2D eigenvalue weighted by Crippen LogP contribution is -2.36. The topological polar surface area (TPSA) is 67.4 Å². The third kappa shape index (κ3) is 5.34. The molecule has 2 aromatic carbocycles. The lowest BCUT2D eigenvalue weighted by molar-refractivity contribution is -0.125. The lowest BCUT2D eigenvalue weighted by Gasteiger charge is -2.13. The number of rotatable bonds is 6. The van der Waals surface area contributed by atoms with Gasteiger partial charge in [0, 0.05) is 5.69 Å². The summed E-state index contributed by atoms with van der Waals surface area (Å²) < 4.78 is 5.54. The molecule has 0 saturated heterocycles. The van der Waals surface area contributed by atoms with Gasteiger partial charge in [0.2, 0.25) is 5.91 Å². The van der Waals surface area contributed by atoms with Crippen LogP contribution in [0.5, 0.6) is 5.75 Å². The molecule has 0 saturated carbocycles. The van der Waals surface area contributed by atoms with Crippen LogP contribution in [0, 0.1) is 34.6 Å². The Morgan fingerprint density at radius 1 is 0.846 bits per heavy atom. The standard InChI is InChI=1S/C21H26N2O3/c1-13-6-7-15(3)18(10-13)26-12-20(25)22-11-19(24)23-21-16(4)8-14(2)9-17(21)5/h6-10H,11-12H2,1-5H3,(H,22,25)(H,23,24). The van der Waals surface area contributed by atoms with Crippen LogP contribution < -0.4 is 15.4 Å².